The molecule has 2 rings (SSSR count). The molecule has 0 radical (unpaired) electrons. The first-order valence-electron chi connectivity index (χ1n) is 8.87. The van der Waals surface area contributed by atoms with Crippen LogP contribution in [0.2, 0.25) is 5.04 Å². The van der Waals surface area contributed by atoms with E-state index in [1.807, 2.05) is 13.0 Å². The maximum absolute atomic E-state index is 10.8. The van der Waals surface area contributed by atoms with Crippen molar-refractivity contribution in [2.24, 2.45) is 0 Å². The number of hydrogen-bond acceptors (Lipinski definition) is 4. The van der Waals surface area contributed by atoms with Gasteiger partial charge >= 0.3 is 0 Å². The Morgan fingerprint density at radius 2 is 2.17 bits per heavy atom. The third-order valence-electron chi connectivity index (χ3n) is 4.40. The molecule has 0 aromatic rings. The van der Waals surface area contributed by atoms with Gasteiger partial charge in [0.25, 0.3) is 0 Å². The third kappa shape index (κ3) is 6.14. The van der Waals surface area contributed by atoms with Crippen LogP contribution in [0.5, 0.6) is 0 Å². The fraction of sp³-hybridized carbons (Fsp3) is 0.833. The summed E-state index contributed by atoms with van der Waals surface area (Å²) in [5, 5.41) is 0.294. The number of ether oxygens (including phenoxy) is 2. The summed E-state index contributed by atoms with van der Waals surface area (Å²) < 4.78 is 18.7. The predicted molar refractivity (Wildman–Crippen MR) is 94.2 cm³/mol. The van der Waals surface area contributed by atoms with E-state index in [9.17, 15) is 4.79 Å². The molecule has 2 aliphatic rings. The minimum absolute atomic E-state index is 0.0794. The summed E-state index contributed by atoms with van der Waals surface area (Å²) in [6.07, 6.45) is 8.90. The first kappa shape index (κ1) is 18.8. The van der Waals surface area contributed by atoms with Gasteiger partial charge in [0.2, 0.25) is 0 Å². The van der Waals surface area contributed by atoms with E-state index in [-0.39, 0.29) is 12.2 Å². The summed E-state index contributed by atoms with van der Waals surface area (Å²) in [4.78, 5) is 10.8. The Hall–Kier alpha value is -0.493. The van der Waals surface area contributed by atoms with Gasteiger partial charge in [-0.15, -0.1) is 0 Å². The van der Waals surface area contributed by atoms with Crippen LogP contribution in [0.15, 0.2) is 11.6 Å². The predicted octanol–water partition coefficient (Wildman–Crippen LogP) is 3.28. The van der Waals surface area contributed by atoms with Gasteiger partial charge in [-0.2, -0.15) is 0 Å². The standard InChI is InChI=1S/C18H32O4Si/c1-14(13-19)7-8-15-11-16(22-23-17(2,3)4)12-18(21-15)9-5-6-10-20-18/h7,13,15-16H,5-6,8-12,23H2,1-4H3. The van der Waals surface area contributed by atoms with Crippen LogP contribution in [0.4, 0.5) is 0 Å². The summed E-state index contributed by atoms with van der Waals surface area (Å²) >= 11 is 0. The topological polar surface area (TPSA) is 44.8 Å². The molecule has 3 unspecified atom stereocenters. The molecule has 0 aliphatic carbocycles. The zero-order chi connectivity index (χ0) is 16.9. The number of rotatable bonds is 5. The number of aldehydes is 1. The van der Waals surface area contributed by atoms with Gasteiger partial charge in [-0.1, -0.05) is 26.8 Å². The Morgan fingerprint density at radius 1 is 1.39 bits per heavy atom. The fourth-order valence-corrected chi connectivity index (χ4v) is 4.20. The zero-order valence-corrected chi connectivity index (χ0v) is 16.5. The van der Waals surface area contributed by atoms with Crippen LogP contribution >= 0.6 is 0 Å². The molecule has 4 nitrogen and oxygen atoms in total. The van der Waals surface area contributed by atoms with Crippen molar-refractivity contribution in [3.05, 3.63) is 11.6 Å². The van der Waals surface area contributed by atoms with Crippen molar-refractivity contribution in [2.45, 2.75) is 89.3 Å². The lowest BCUT2D eigenvalue weighted by Crippen LogP contribution is -2.50. The molecule has 0 amide bonds. The smallest absolute Gasteiger partial charge is 0.171 e. The Kier molecular flexibility index (Phi) is 6.60. The van der Waals surface area contributed by atoms with Crippen LogP contribution in [0.3, 0.4) is 0 Å². The Labute approximate surface area is 142 Å². The molecular weight excluding hydrogens is 308 g/mol. The molecule has 2 aliphatic heterocycles. The van der Waals surface area contributed by atoms with Crippen LogP contribution < -0.4 is 0 Å². The maximum atomic E-state index is 10.8. The van der Waals surface area contributed by atoms with Crippen LogP contribution in [0.1, 0.15) is 66.2 Å². The highest BCUT2D eigenvalue weighted by molar-refractivity contribution is 6.31. The minimum atomic E-state index is -0.587. The van der Waals surface area contributed by atoms with Crippen molar-refractivity contribution in [3.63, 3.8) is 0 Å². The van der Waals surface area contributed by atoms with E-state index in [0.717, 1.165) is 57.0 Å². The van der Waals surface area contributed by atoms with Gasteiger partial charge in [-0.25, -0.2) is 0 Å². The first-order valence-corrected chi connectivity index (χ1v) is 10.2. The van der Waals surface area contributed by atoms with E-state index in [4.69, 9.17) is 13.9 Å². The molecule has 2 fully saturated rings. The summed E-state index contributed by atoms with van der Waals surface area (Å²) in [7, 11) is -0.587. The van der Waals surface area contributed by atoms with E-state index in [2.05, 4.69) is 20.8 Å². The second-order valence-electron chi connectivity index (χ2n) is 8.19. The molecule has 5 heteroatoms. The molecule has 2 saturated heterocycles. The normalized spacial score (nSPS) is 33.5. The Bertz CT molecular complexity index is 421. The third-order valence-corrected chi connectivity index (χ3v) is 5.91. The molecule has 0 saturated carbocycles. The van der Waals surface area contributed by atoms with E-state index >= 15 is 0 Å². The van der Waals surface area contributed by atoms with Gasteiger partial charge in [0.05, 0.1) is 18.8 Å². The monoisotopic (exact) mass is 340 g/mol. The van der Waals surface area contributed by atoms with Gasteiger partial charge < -0.3 is 13.9 Å². The van der Waals surface area contributed by atoms with E-state index in [1.54, 1.807) is 0 Å². The second kappa shape index (κ2) is 8.06. The molecular formula is C18H32O4Si. The lowest BCUT2D eigenvalue weighted by atomic mass is 9.91. The highest BCUT2D eigenvalue weighted by Crippen LogP contribution is 2.39. The summed E-state index contributed by atoms with van der Waals surface area (Å²) in [5.41, 5.74) is 0.763. The SMILES string of the molecule is CC(C=O)=CCC1CC(O[SiH2]C(C)(C)C)CC2(CCCCO2)O1. The summed E-state index contributed by atoms with van der Waals surface area (Å²) in [6.45, 7) is 9.36. The van der Waals surface area contributed by atoms with Crippen LogP contribution in [0, 0.1) is 0 Å². The first-order chi connectivity index (χ1) is 10.8. The number of carbonyl (C=O) groups is 1. The molecule has 0 aromatic carbocycles. The summed E-state index contributed by atoms with van der Waals surface area (Å²) in [5.74, 6) is -0.457. The summed E-state index contributed by atoms with van der Waals surface area (Å²) in [6, 6.07) is 0. The molecule has 132 valence electrons. The Balaban J connectivity index is 2.02. The van der Waals surface area contributed by atoms with Crippen LogP contribution in [0.25, 0.3) is 0 Å². The van der Waals surface area contributed by atoms with Gasteiger partial charge in [0, 0.05) is 12.8 Å². The second-order valence-corrected chi connectivity index (χ2v) is 10.9. The molecule has 1 spiro atoms. The van der Waals surface area contributed by atoms with Crippen molar-refractivity contribution in [1.82, 2.24) is 0 Å². The quantitative estimate of drug-likeness (QED) is 0.438. The molecule has 0 aromatic heterocycles. The van der Waals surface area contributed by atoms with Gasteiger partial charge in [0.1, 0.15) is 6.29 Å². The largest absolute Gasteiger partial charge is 0.420 e. The number of allylic oxidation sites excluding steroid dienone is 1. The average Bonchev–Trinajstić information content (AvgIpc) is 2.50. The van der Waals surface area contributed by atoms with Gasteiger partial charge in [0.15, 0.2) is 15.6 Å². The average molecular weight is 341 g/mol. The lowest BCUT2D eigenvalue weighted by molar-refractivity contribution is -0.306. The van der Waals surface area contributed by atoms with E-state index in [0.29, 0.717) is 5.04 Å². The number of carbonyl (C=O) groups excluding carboxylic acids is 1. The fourth-order valence-electron chi connectivity index (χ4n) is 3.21. The zero-order valence-electron chi connectivity index (χ0n) is 15.1. The minimum Gasteiger partial charge on any atom is -0.420 e. The van der Waals surface area contributed by atoms with E-state index in [1.165, 1.54) is 0 Å². The van der Waals surface area contributed by atoms with Crippen molar-refractivity contribution in [1.29, 1.82) is 0 Å². The van der Waals surface area contributed by atoms with Crippen molar-refractivity contribution < 1.29 is 18.7 Å². The molecule has 0 bridgehead atoms. The van der Waals surface area contributed by atoms with Gasteiger partial charge in [-0.05, 0) is 43.2 Å². The highest BCUT2D eigenvalue weighted by atomic mass is 28.2. The molecule has 3 atom stereocenters. The van der Waals surface area contributed by atoms with Crippen LogP contribution in [-0.4, -0.2) is 40.7 Å². The van der Waals surface area contributed by atoms with E-state index < -0.39 is 15.6 Å². The highest BCUT2D eigenvalue weighted by Gasteiger charge is 2.43. The maximum Gasteiger partial charge on any atom is 0.171 e. The van der Waals surface area contributed by atoms with Crippen molar-refractivity contribution >= 4 is 16.0 Å². The Morgan fingerprint density at radius 3 is 2.78 bits per heavy atom. The molecule has 0 N–H and O–H groups in total. The molecule has 23 heavy (non-hydrogen) atoms. The van der Waals surface area contributed by atoms with Crippen molar-refractivity contribution in [3.8, 4) is 0 Å². The molecule has 2 heterocycles. The van der Waals surface area contributed by atoms with Crippen LogP contribution in [-0.2, 0) is 18.7 Å². The van der Waals surface area contributed by atoms with Crippen molar-refractivity contribution in [2.75, 3.05) is 6.61 Å². The number of hydrogen-bond donors (Lipinski definition) is 0. The lowest BCUT2D eigenvalue weighted by Gasteiger charge is -2.46. The van der Waals surface area contributed by atoms with Gasteiger partial charge in [-0.3, -0.25) is 4.79 Å².